The molecule has 2 N–H and O–H groups in total. The van der Waals surface area contributed by atoms with E-state index in [1.165, 1.54) is 6.26 Å². The van der Waals surface area contributed by atoms with Gasteiger partial charge in [-0.05, 0) is 44.0 Å². The van der Waals surface area contributed by atoms with Crippen molar-refractivity contribution in [2.45, 2.75) is 31.4 Å². The predicted octanol–water partition coefficient (Wildman–Crippen LogP) is 1.97. The summed E-state index contributed by atoms with van der Waals surface area (Å²) in [5.74, 6) is 0.878. The van der Waals surface area contributed by atoms with Crippen LogP contribution in [0, 0.1) is 0 Å². The normalized spacial score (nSPS) is 18.8. The predicted molar refractivity (Wildman–Crippen MR) is 83.9 cm³/mol. The second-order valence-electron chi connectivity index (χ2n) is 6.18. The Kier molecular flexibility index (Phi) is 4.54. The zero-order valence-electron chi connectivity index (χ0n) is 13.2. The van der Waals surface area contributed by atoms with Crippen LogP contribution in [0.25, 0.3) is 0 Å². The molecule has 23 heavy (non-hydrogen) atoms. The van der Waals surface area contributed by atoms with Gasteiger partial charge < -0.3 is 24.2 Å². The Balaban J connectivity index is 1.47. The number of hydrogen-bond donors (Lipinski definition) is 2. The fraction of sp³-hybridized carbons (Fsp3) is 0.471. The molecule has 2 aromatic heterocycles. The van der Waals surface area contributed by atoms with Crippen molar-refractivity contribution in [2.75, 3.05) is 19.6 Å². The van der Waals surface area contributed by atoms with E-state index in [0.29, 0.717) is 31.2 Å². The van der Waals surface area contributed by atoms with E-state index in [2.05, 4.69) is 5.32 Å². The third-order valence-electron chi connectivity index (χ3n) is 4.30. The molecule has 1 aliphatic heterocycles. The van der Waals surface area contributed by atoms with Crippen LogP contribution in [0.3, 0.4) is 0 Å². The van der Waals surface area contributed by atoms with Crippen LogP contribution < -0.4 is 5.32 Å². The van der Waals surface area contributed by atoms with Gasteiger partial charge in [-0.3, -0.25) is 4.79 Å². The zero-order chi connectivity index (χ0) is 16.3. The Morgan fingerprint density at radius 3 is 2.61 bits per heavy atom. The molecule has 1 atom stereocenters. The standard InChI is InChI=1S/C17H22N2O4/c1-17(21,15-5-3-11-23-15)12-18-13-6-8-19(9-7-13)16(20)14-4-2-10-22-14/h2-5,10-11,13,18,21H,6-9,12H2,1H3. The molecule has 0 spiro atoms. The minimum Gasteiger partial charge on any atom is -0.466 e. The lowest BCUT2D eigenvalue weighted by molar-refractivity contribution is 0.0283. The van der Waals surface area contributed by atoms with Gasteiger partial charge in [-0.1, -0.05) is 0 Å². The Labute approximate surface area is 135 Å². The van der Waals surface area contributed by atoms with Gasteiger partial charge in [0.15, 0.2) is 5.76 Å². The molecule has 3 rings (SSSR count). The summed E-state index contributed by atoms with van der Waals surface area (Å²) in [7, 11) is 0. The van der Waals surface area contributed by atoms with Crippen molar-refractivity contribution in [3.05, 3.63) is 48.3 Å². The van der Waals surface area contributed by atoms with Crippen LogP contribution in [0.15, 0.2) is 45.6 Å². The summed E-state index contributed by atoms with van der Waals surface area (Å²) in [6.45, 7) is 3.51. The quantitative estimate of drug-likeness (QED) is 0.881. The van der Waals surface area contributed by atoms with Gasteiger partial charge in [0.2, 0.25) is 0 Å². The minimum absolute atomic E-state index is 0.0592. The first-order chi connectivity index (χ1) is 11.1. The van der Waals surface area contributed by atoms with Gasteiger partial charge in [0, 0.05) is 25.7 Å². The topological polar surface area (TPSA) is 78.9 Å². The number of carbonyl (C=O) groups is 1. The number of furan rings is 2. The molecular formula is C17H22N2O4. The maximum absolute atomic E-state index is 12.2. The molecule has 0 aliphatic carbocycles. The van der Waals surface area contributed by atoms with Crippen LogP contribution in [0.2, 0.25) is 0 Å². The fourth-order valence-electron chi connectivity index (χ4n) is 2.86. The first-order valence-corrected chi connectivity index (χ1v) is 7.89. The number of hydrogen-bond acceptors (Lipinski definition) is 5. The molecule has 6 heteroatoms. The van der Waals surface area contributed by atoms with E-state index in [-0.39, 0.29) is 11.9 Å². The second-order valence-corrected chi connectivity index (χ2v) is 6.18. The van der Waals surface area contributed by atoms with Crippen LogP contribution in [0.4, 0.5) is 0 Å². The van der Waals surface area contributed by atoms with Crippen LogP contribution >= 0.6 is 0 Å². The summed E-state index contributed by atoms with van der Waals surface area (Å²) in [4.78, 5) is 14.0. The van der Waals surface area contributed by atoms with Crippen LogP contribution in [0.1, 0.15) is 36.1 Å². The maximum atomic E-state index is 12.2. The van der Waals surface area contributed by atoms with Crippen LogP contribution in [-0.2, 0) is 5.60 Å². The molecule has 0 radical (unpaired) electrons. The third-order valence-corrected chi connectivity index (χ3v) is 4.30. The Morgan fingerprint density at radius 2 is 2.00 bits per heavy atom. The van der Waals surface area contributed by atoms with E-state index in [4.69, 9.17) is 8.83 Å². The summed E-state index contributed by atoms with van der Waals surface area (Å²) < 4.78 is 10.4. The van der Waals surface area contributed by atoms with Gasteiger partial charge in [0.05, 0.1) is 12.5 Å². The first-order valence-electron chi connectivity index (χ1n) is 7.89. The van der Waals surface area contributed by atoms with Crippen molar-refractivity contribution < 1.29 is 18.7 Å². The zero-order valence-corrected chi connectivity index (χ0v) is 13.2. The number of aliphatic hydroxyl groups is 1. The van der Waals surface area contributed by atoms with E-state index >= 15 is 0 Å². The molecule has 1 aliphatic rings. The summed E-state index contributed by atoms with van der Waals surface area (Å²) in [6, 6.07) is 7.22. The lowest BCUT2D eigenvalue weighted by atomic mass is 10.0. The molecule has 6 nitrogen and oxygen atoms in total. The van der Waals surface area contributed by atoms with Gasteiger partial charge in [-0.15, -0.1) is 0 Å². The second kappa shape index (κ2) is 6.60. The highest BCUT2D eigenvalue weighted by molar-refractivity contribution is 5.91. The van der Waals surface area contributed by atoms with E-state index in [1.807, 2.05) is 4.90 Å². The number of nitrogens with one attached hydrogen (secondary N) is 1. The fourth-order valence-corrected chi connectivity index (χ4v) is 2.86. The molecule has 1 amide bonds. The summed E-state index contributed by atoms with van der Waals surface area (Å²) >= 11 is 0. The van der Waals surface area contributed by atoms with E-state index < -0.39 is 5.60 Å². The average Bonchev–Trinajstić information content (AvgIpc) is 3.26. The lowest BCUT2D eigenvalue weighted by Gasteiger charge is -2.33. The Bertz CT molecular complexity index is 611. The van der Waals surface area contributed by atoms with Crippen molar-refractivity contribution >= 4 is 5.91 Å². The average molecular weight is 318 g/mol. The molecule has 124 valence electrons. The Morgan fingerprint density at radius 1 is 1.30 bits per heavy atom. The summed E-state index contributed by atoms with van der Waals surface area (Å²) in [6.07, 6.45) is 4.77. The van der Waals surface area contributed by atoms with Crippen molar-refractivity contribution in [1.82, 2.24) is 10.2 Å². The molecule has 1 unspecified atom stereocenters. The number of nitrogens with zero attached hydrogens (tertiary/aromatic N) is 1. The molecule has 1 saturated heterocycles. The molecule has 3 heterocycles. The van der Waals surface area contributed by atoms with Crippen molar-refractivity contribution in [2.24, 2.45) is 0 Å². The number of piperidine rings is 1. The monoisotopic (exact) mass is 318 g/mol. The SMILES string of the molecule is CC(O)(CNC1CCN(C(=O)c2ccco2)CC1)c1ccco1. The Hall–Kier alpha value is -2.05. The molecule has 2 aromatic rings. The highest BCUT2D eigenvalue weighted by atomic mass is 16.4. The van der Waals surface area contributed by atoms with Crippen molar-refractivity contribution in [3.63, 3.8) is 0 Å². The van der Waals surface area contributed by atoms with Crippen molar-refractivity contribution in [1.29, 1.82) is 0 Å². The highest BCUT2D eigenvalue weighted by Crippen LogP contribution is 2.21. The van der Waals surface area contributed by atoms with Gasteiger partial charge in [0.1, 0.15) is 11.4 Å². The van der Waals surface area contributed by atoms with E-state index in [9.17, 15) is 9.90 Å². The van der Waals surface area contributed by atoms with Crippen LogP contribution in [0.5, 0.6) is 0 Å². The number of rotatable bonds is 5. The molecule has 0 aromatic carbocycles. The summed E-state index contributed by atoms with van der Waals surface area (Å²) in [5, 5.41) is 13.8. The van der Waals surface area contributed by atoms with Gasteiger partial charge in [0.25, 0.3) is 5.91 Å². The molecule has 0 bridgehead atoms. The van der Waals surface area contributed by atoms with Crippen molar-refractivity contribution in [3.8, 4) is 0 Å². The smallest absolute Gasteiger partial charge is 0.289 e. The summed E-state index contributed by atoms with van der Waals surface area (Å²) in [5.41, 5.74) is -1.04. The van der Waals surface area contributed by atoms with Gasteiger partial charge >= 0.3 is 0 Å². The lowest BCUT2D eigenvalue weighted by Crippen LogP contribution is -2.48. The highest BCUT2D eigenvalue weighted by Gasteiger charge is 2.29. The number of likely N-dealkylation sites (tertiary alicyclic amines) is 1. The van der Waals surface area contributed by atoms with E-state index in [0.717, 1.165) is 12.8 Å². The van der Waals surface area contributed by atoms with Crippen LogP contribution in [-0.4, -0.2) is 41.6 Å². The third kappa shape index (κ3) is 3.65. The molecule has 0 saturated carbocycles. The number of amides is 1. The largest absolute Gasteiger partial charge is 0.466 e. The maximum Gasteiger partial charge on any atom is 0.289 e. The van der Waals surface area contributed by atoms with E-state index in [1.54, 1.807) is 37.5 Å². The minimum atomic E-state index is -1.04. The van der Waals surface area contributed by atoms with Gasteiger partial charge in [-0.2, -0.15) is 0 Å². The first kappa shape index (κ1) is 15.8. The molecular weight excluding hydrogens is 296 g/mol. The number of carbonyl (C=O) groups excluding carboxylic acids is 1. The van der Waals surface area contributed by atoms with Gasteiger partial charge in [-0.25, -0.2) is 0 Å². The molecule has 1 fully saturated rings.